The van der Waals surface area contributed by atoms with E-state index in [1.54, 1.807) is 0 Å². The van der Waals surface area contributed by atoms with Gasteiger partial charge in [-0.05, 0) is 68.0 Å². The van der Waals surface area contributed by atoms with Crippen LogP contribution in [0.2, 0.25) is 0 Å². The van der Waals surface area contributed by atoms with Crippen molar-refractivity contribution >= 4 is 17.1 Å². The summed E-state index contributed by atoms with van der Waals surface area (Å²) in [5.74, 6) is 1.21. The number of anilines is 3. The molecule has 0 amide bonds. The third-order valence-electron chi connectivity index (χ3n) is 3.92. The number of hydrogen-bond acceptors (Lipinski definition) is 2. The zero-order chi connectivity index (χ0) is 16.8. The Morgan fingerprint density at radius 3 is 2.13 bits per heavy atom. The molecule has 124 valence electrons. The smallest absolute Gasteiger partial charge is 0.0421 e. The van der Waals surface area contributed by atoms with Crippen LogP contribution in [0.25, 0.3) is 0 Å². The van der Waals surface area contributed by atoms with Crippen molar-refractivity contribution < 1.29 is 0 Å². The maximum absolute atomic E-state index is 3.58. The number of nitrogens with one attached hydrogen (secondary N) is 2. The molecular weight excluding hydrogens is 280 g/mol. The van der Waals surface area contributed by atoms with Crippen molar-refractivity contribution in [3.63, 3.8) is 0 Å². The molecule has 0 heterocycles. The fraction of sp³-hybridized carbons (Fsp3) is 0.429. The van der Waals surface area contributed by atoms with Gasteiger partial charge in [-0.15, -0.1) is 0 Å². The van der Waals surface area contributed by atoms with Gasteiger partial charge in [0.25, 0.3) is 0 Å². The van der Waals surface area contributed by atoms with E-state index in [2.05, 4.69) is 87.7 Å². The van der Waals surface area contributed by atoms with Crippen molar-refractivity contribution in [3.05, 3.63) is 54.1 Å². The molecule has 0 aliphatic heterocycles. The predicted molar refractivity (Wildman–Crippen MR) is 103 cm³/mol. The van der Waals surface area contributed by atoms with Gasteiger partial charge in [-0.1, -0.05) is 39.0 Å². The quantitative estimate of drug-likeness (QED) is 0.618. The van der Waals surface area contributed by atoms with E-state index in [1.807, 2.05) is 6.07 Å². The average Bonchev–Trinajstić information content (AvgIpc) is 2.48. The molecule has 2 N–H and O–H groups in total. The molecule has 0 spiro atoms. The topological polar surface area (TPSA) is 24.1 Å². The van der Waals surface area contributed by atoms with Gasteiger partial charge < -0.3 is 10.6 Å². The third kappa shape index (κ3) is 5.31. The van der Waals surface area contributed by atoms with E-state index in [9.17, 15) is 0 Å². The van der Waals surface area contributed by atoms with Crippen molar-refractivity contribution in [1.29, 1.82) is 0 Å². The summed E-state index contributed by atoms with van der Waals surface area (Å²) in [4.78, 5) is 0. The van der Waals surface area contributed by atoms with Crippen molar-refractivity contribution in [1.82, 2.24) is 0 Å². The summed E-state index contributed by atoms with van der Waals surface area (Å²) in [6.45, 7) is 11.2. The van der Waals surface area contributed by atoms with Crippen molar-refractivity contribution in [2.75, 3.05) is 10.6 Å². The van der Waals surface area contributed by atoms with Crippen LogP contribution in [0.3, 0.4) is 0 Å². The Hall–Kier alpha value is -1.96. The van der Waals surface area contributed by atoms with E-state index in [-0.39, 0.29) is 0 Å². The first-order valence-corrected chi connectivity index (χ1v) is 8.68. The lowest BCUT2D eigenvalue weighted by Gasteiger charge is -2.21. The molecular formula is C21H30N2. The fourth-order valence-corrected chi connectivity index (χ4v) is 3.02. The molecule has 0 aliphatic carbocycles. The summed E-state index contributed by atoms with van der Waals surface area (Å²) < 4.78 is 0. The highest BCUT2D eigenvalue weighted by Crippen LogP contribution is 2.33. The van der Waals surface area contributed by atoms with Gasteiger partial charge in [0.05, 0.1) is 0 Å². The minimum atomic E-state index is 0.441. The van der Waals surface area contributed by atoms with Crippen LogP contribution in [0.5, 0.6) is 0 Å². The molecule has 0 fully saturated rings. The maximum atomic E-state index is 3.58. The highest BCUT2D eigenvalue weighted by atomic mass is 14.9. The molecule has 2 nitrogen and oxygen atoms in total. The first-order chi connectivity index (χ1) is 11.0. The first kappa shape index (κ1) is 17.4. The summed E-state index contributed by atoms with van der Waals surface area (Å²) in [6, 6.07) is 17.5. The van der Waals surface area contributed by atoms with E-state index >= 15 is 0 Å². The Morgan fingerprint density at radius 2 is 1.52 bits per heavy atom. The van der Waals surface area contributed by atoms with Gasteiger partial charge in [0.15, 0.2) is 0 Å². The van der Waals surface area contributed by atoms with Crippen LogP contribution in [0.4, 0.5) is 17.1 Å². The molecule has 0 radical (unpaired) electrons. The minimum Gasteiger partial charge on any atom is -0.383 e. The van der Waals surface area contributed by atoms with Gasteiger partial charge in [0, 0.05) is 23.1 Å². The van der Waals surface area contributed by atoms with Gasteiger partial charge >= 0.3 is 0 Å². The highest BCUT2D eigenvalue weighted by Gasteiger charge is 2.14. The van der Waals surface area contributed by atoms with Crippen LogP contribution in [0.1, 0.15) is 52.5 Å². The van der Waals surface area contributed by atoms with Gasteiger partial charge in [-0.2, -0.15) is 0 Å². The lowest BCUT2D eigenvalue weighted by Crippen LogP contribution is -2.11. The predicted octanol–water partition coefficient (Wildman–Crippen LogP) is 6.40. The zero-order valence-corrected chi connectivity index (χ0v) is 15.1. The van der Waals surface area contributed by atoms with Gasteiger partial charge in [0.2, 0.25) is 0 Å². The molecule has 0 aromatic heterocycles. The SMILES string of the molecule is CC(C)CC(C)c1cc(NC(C)C)ccc1Nc1ccccc1. The second kappa shape index (κ2) is 8.05. The lowest BCUT2D eigenvalue weighted by molar-refractivity contribution is 0.524. The highest BCUT2D eigenvalue weighted by molar-refractivity contribution is 5.67. The van der Waals surface area contributed by atoms with Crippen LogP contribution >= 0.6 is 0 Å². The number of benzene rings is 2. The average molecular weight is 310 g/mol. The normalized spacial score (nSPS) is 12.5. The lowest BCUT2D eigenvalue weighted by atomic mass is 9.90. The molecule has 2 rings (SSSR count). The van der Waals surface area contributed by atoms with Gasteiger partial charge in [0.1, 0.15) is 0 Å². The second-order valence-electron chi connectivity index (χ2n) is 7.12. The minimum absolute atomic E-state index is 0.441. The van der Waals surface area contributed by atoms with Crippen molar-refractivity contribution in [2.24, 2.45) is 5.92 Å². The van der Waals surface area contributed by atoms with Crippen LogP contribution in [0.15, 0.2) is 48.5 Å². The molecule has 0 saturated carbocycles. The monoisotopic (exact) mass is 310 g/mol. The Kier molecular flexibility index (Phi) is 6.09. The molecule has 1 unspecified atom stereocenters. The van der Waals surface area contributed by atoms with E-state index in [1.165, 1.54) is 23.4 Å². The molecule has 2 heteroatoms. The first-order valence-electron chi connectivity index (χ1n) is 8.68. The van der Waals surface area contributed by atoms with E-state index in [0.29, 0.717) is 17.9 Å². The molecule has 2 aromatic carbocycles. The standard InChI is InChI=1S/C21H30N2/c1-15(2)13-17(5)20-14-19(22-16(3)4)11-12-21(20)23-18-9-7-6-8-10-18/h6-12,14-17,22-23H,13H2,1-5H3. The Balaban J connectivity index is 2.31. The Labute approximate surface area is 141 Å². The van der Waals surface area contributed by atoms with Crippen LogP contribution in [-0.2, 0) is 0 Å². The maximum Gasteiger partial charge on any atom is 0.0421 e. The van der Waals surface area contributed by atoms with Gasteiger partial charge in [-0.25, -0.2) is 0 Å². The van der Waals surface area contributed by atoms with Crippen LogP contribution in [-0.4, -0.2) is 6.04 Å². The Morgan fingerprint density at radius 1 is 0.826 bits per heavy atom. The summed E-state index contributed by atoms with van der Waals surface area (Å²) in [5, 5.41) is 7.10. The summed E-state index contributed by atoms with van der Waals surface area (Å²) >= 11 is 0. The van der Waals surface area contributed by atoms with Crippen molar-refractivity contribution in [2.45, 2.75) is 53.0 Å². The Bertz CT molecular complexity index is 602. The third-order valence-corrected chi connectivity index (χ3v) is 3.92. The van der Waals surface area contributed by atoms with Crippen LogP contribution < -0.4 is 10.6 Å². The van der Waals surface area contributed by atoms with E-state index in [4.69, 9.17) is 0 Å². The molecule has 0 aliphatic rings. The second-order valence-corrected chi connectivity index (χ2v) is 7.12. The fourth-order valence-electron chi connectivity index (χ4n) is 3.02. The molecule has 0 saturated heterocycles. The number of para-hydroxylation sites is 1. The van der Waals surface area contributed by atoms with Crippen LogP contribution in [0, 0.1) is 5.92 Å². The van der Waals surface area contributed by atoms with Crippen molar-refractivity contribution in [3.8, 4) is 0 Å². The molecule has 0 bridgehead atoms. The molecule has 2 aromatic rings. The number of rotatable bonds is 7. The largest absolute Gasteiger partial charge is 0.383 e. The molecule has 23 heavy (non-hydrogen) atoms. The van der Waals surface area contributed by atoms with Gasteiger partial charge in [-0.3, -0.25) is 0 Å². The summed E-state index contributed by atoms with van der Waals surface area (Å²) in [7, 11) is 0. The molecule has 1 atom stereocenters. The van der Waals surface area contributed by atoms with E-state index < -0.39 is 0 Å². The van der Waals surface area contributed by atoms with E-state index in [0.717, 1.165) is 5.69 Å². The number of hydrogen-bond donors (Lipinski definition) is 2. The summed E-state index contributed by atoms with van der Waals surface area (Å²) in [6.07, 6.45) is 1.19. The summed E-state index contributed by atoms with van der Waals surface area (Å²) in [5.41, 5.74) is 4.92. The zero-order valence-electron chi connectivity index (χ0n) is 15.1.